The first-order valence-corrected chi connectivity index (χ1v) is 5.65. The first kappa shape index (κ1) is 12.3. The maximum absolute atomic E-state index is 11.1. The van der Waals surface area contributed by atoms with Gasteiger partial charge in [-0.1, -0.05) is 0 Å². The van der Waals surface area contributed by atoms with E-state index in [-0.39, 0.29) is 11.2 Å². The highest BCUT2D eigenvalue weighted by Gasteiger charge is 2.17. The molecule has 0 unspecified atom stereocenters. The SMILES string of the molecule is Cc1cnn2c(NC(C)(C)C)cc(C(=O)O)nc12. The van der Waals surface area contributed by atoms with Crippen molar-refractivity contribution in [3.05, 3.63) is 23.5 Å². The predicted molar refractivity (Wildman–Crippen MR) is 68.1 cm³/mol. The van der Waals surface area contributed by atoms with Gasteiger partial charge >= 0.3 is 5.97 Å². The third-order valence-corrected chi connectivity index (χ3v) is 2.37. The van der Waals surface area contributed by atoms with Gasteiger partial charge in [0.15, 0.2) is 11.3 Å². The third kappa shape index (κ3) is 2.27. The van der Waals surface area contributed by atoms with Crippen molar-refractivity contribution in [3.8, 4) is 0 Å². The number of nitrogens with zero attached hydrogens (tertiary/aromatic N) is 3. The van der Waals surface area contributed by atoms with E-state index in [9.17, 15) is 4.79 Å². The summed E-state index contributed by atoms with van der Waals surface area (Å²) in [5, 5.41) is 16.5. The van der Waals surface area contributed by atoms with Crippen molar-refractivity contribution in [2.45, 2.75) is 33.2 Å². The molecule has 2 heterocycles. The summed E-state index contributed by atoms with van der Waals surface area (Å²) in [6.45, 7) is 7.84. The first-order valence-electron chi connectivity index (χ1n) is 5.65. The lowest BCUT2D eigenvalue weighted by Gasteiger charge is -2.22. The van der Waals surface area contributed by atoms with Gasteiger partial charge in [-0.25, -0.2) is 9.78 Å². The van der Waals surface area contributed by atoms with Crippen molar-refractivity contribution in [2.75, 3.05) is 5.32 Å². The Labute approximate surface area is 105 Å². The average Bonchev–Trinajstić information content (AvgIpc) is 2.58. The highest BCUT2D eigenvalue weighted by molar-refractivity contribution is 5.87. The molecule has 0 saturated heterocycles. The quantitative estimate of drug-likeness (QED) is 0.849. The second-order valence-electron chi connectivity index (χ2n) is 5.27. The Morgan fingerprint density at radius 3 is 2.67 bits per heavy atom. The largest absolute Gasteiger partial charge is 0.477 e. The Balaban J connectivity index is 2.66. The molecule has 0 aliphatic rings. The highest BCUT2D eigenvalue weighted by Crippen LogP contribution is 2.19. The number of carboxylic acids is 1. The van der Waals surface area contributed by atoms with Crippen molar-refractivity contribution in [3.63, 3.8) is 0 Å². The molecular formula is C12H16N4O2. The number of anilines is 1. The number of nitrogens with one attached hydrogen (secondary N) is 1. The Kier molecular flexibility index (Phi) is 2.73. The van der Waals surface area contributed by atoms with Crippen LogP contribution in [0, 0.1) is 6.92 Å². The Morgan fingerprint density at radius 2 is 2.11 bits per heavy atom. The van der Waals surface area contributed by atoms with Crippen LogP contribution in [0.2, 0.25) is 0 Å². The molecule has 96 valence electrons. The van der Waals surface area contributed by atoms with Gasteiger partial charge in [0.2, 0.25) is 0 Å². The number of hydrogen-bond donors (Lipinski definition) is 2. The van der Waals surface area contributed by atoms with Crippen LogP contribution in [-0.2, 0) is 0 Å². The summed E-state index contributed by atoms with van der Waals surface area (Å²) in [6.07, 6.45) is 1.67. The van der Waals surface area contributed by atoms with Crippen molar-refractivity contribution in [2.24, 2.45) is 0 Å². The lowest BCUT2D eigenvalue weighted by Crippen LogP contribution is -2.28. The van der Waals surface area contributed by atoms with Crippen LogP contribution in [-0.4, -0.2) is 31.2 Å². The molecule has 2 aromatic heterocycles. The summed E-state index contributed by atoms with van der Waals surface area (Å²) in [7, 11) is 0. The van der Waals surface area contributed by atoms with Crippen molar-refractivity contribution in [1.29, 1.82) is 0 Å². The number of rotatable bonds is 2. The zero-order valence-electron chi connectivity index (χ0n) is 10.9. The van der Waals surface area contributed by atoms with Gasteiger partial charge in [0.1, 0.15) is 5.82 Å². The standard InChI is InChI=1S/C12H16N4O2/c1-7-6-13-16-9(15-12(2,3)4)5-8(11(17)18)14-10(7)16/h5-6,15H,1-4H3,(H,17,18). The Morgan fingerprint density at radius 1 is 1.44 bits per heavy atom. The van der Waals surface area contributed by atoms with E-state index in [4.69, 9.17) is 5.11 Å². The van der Waals surface area contributed by atoms with Crippen LogP contribution in [0.3, 0.4) is 0 Å². The van der Waals surface area contributed by atoms with Crippen LogP contribution >= 0.6 is 0 Å². The minimum absolute atomic E-state index is 0.0119. The number of fused-ring (bicyclic) bond motifs is 1. The van der Waals surface area contributed by atoms with Crippen molar-refractivity contribution < 1.29 is 9.90 Å². The number of carbonyl (C=O) groups is 1. The van der Waals surface area contributed by atoms with Crippen LogP contribution in [0.4, 0.5) is 5.82 Å². The highest BCUT2D eigenvalue weighted by atomic mass is 16.4. The van der Waals surface area contributed by atoms with E-state index in [1.807, 2.05) is 27.7 Å². The maximum Gasteiger partial charge on any atom is 0.354 e. The molecule has 0 amide bonds. The molecular weight excluding hydrogens is 232 g/mol. The molecule has 2 aromatic rings. The summed E-state index contributed by atoms with van der Waals surface area (Å²) >= 11 is 0. The van der Waals surface area contributed by atoms with Crippen LogP contribution in [0.15, 0.2) is 12.3 Å². The average molecular weight is 248 g/mol. The van der Waals surface area contributed by atoms with Gasteiger partial charge in [-0.05, 0) is 27.7 Å². The molecule has 0 fully saturated rings. The summed E-state index contributed by atoms with van der Waals surface area (Å²) in [4.78, 5) is 15.2. The van der Waals surface area contributed by atoms with Crippen LogP contribution in [0.1, 0.15) is 36.8 Å². The summed E-state index contributed by atoms with van der Waals surface area (Å²) in [5.74, 6) is -0.423. The predicted octanol–water partition coefficient (Wildman–Crippen LogP) is 1.95. The van der Waals surface area contributed by atoms with E-state index in [2.05, 4.69) is 15.4 Å². The fourth-order valence-electron chi connectivity index (χ4n) is 1.66. The van der Waals surface area contributed by atoms with Gasteiger partial charge in [0, 0.05) is 17.2 Å². The van der Waals surface area contributed by atoms with E-state index < -0.39 is 5.97 Å². The number of aromatic carboxylic acids is 1. The number of aromatic nitrogens is 3. The van der Waals surface area contributed by atoms with Gasteiger partial charge in [0.25, 0.3) is 0 Å². The maximum atomic E-state index is 11.1. The number of aryl methyl sites for hydroxylation is 1. The zero-order chi connectivity index (χ0) is 13.5. The lowest BCUT2D eigenvalue weighted by atomic mass is 10.1. The van der Waals surface area contributed by atoms with E-state index in [1.54, 1.807) is 10.7 Å². The van der Waals surface area contributed by atoms with Crippen molar-refractivity contribution >= 4 is 17.4 Å². The number of carboxylic acid groups (broad SMARTS) is 1. The molecule has 0 spiro atoms. The molecule has 0 bridgehead atoms. The van der Waals surface area contributed by atoms with E-state index in [1.165, 1.54) is 6.07 Å². The Bertz CT molecular complexity index is 610. The molecule has 0 aliphatic carbocycles. The molecule has 0 aliphatic heterocycles. The molecule has 0 aromatic carbocycles. The topological polar surface area (TPSA) is 79.5 Å². The molecule has 2 N–H and O–H groups in total. The number of hydrogen-bond acceptors (Lipinski definition) is 4. The second-order valence-corrected chi connectivity index (χ2v) is 5.27. The molecule has 6 heteroatoms. The lowest BCUT2D eigenvalue weighted by molar-refractivity contribution is 0.0690. The summed E-state index contributed by atoms with van der Waals surface area (Å²) in [5.41, 5.74) is 1.22. The first-order chi connectivity index (χ1) is 8.28. The minimum atomic E-state index is -1.05. The molecule has 0 atom stereocenters. The monoisotopic (exact) mass is 248 g/mol. The Hall–Kier alpha value is -2.11. The van der Waals surface area contributed by atoms with E-state index >= 15 is 0 Å². The summed E-state index contributed by atoms with van der Waals surface area (Å²) in [6, 6.07) is 1.49. The van der Waals surface area contributed by atoms with Crippen molar-refractivity contribution in [1.82, 2.24) is 14.6 Å². The second kappa shape index (κ2) is 3.97. The minimum Gasteiger partial charge on any atom is -0.477 e. The van der Waals surface area contributed by atoms with Gasteiger partial charge in [-0.15, -0.1) is 0 Å². The molecule has 2 rings (SSSR count). The van der Waals surface area contributed by atoms with Crippen LogP contribution in [0.25, 0.3) is 5.65 Å². The van der Waals surface area contributed by atoms with E-state index in [0.717, 1.165) is 5.56 Å². The molecule has 6 nitrogen and oxygen atoms in total. The van der Waals surface area contributed by atoms with Crippen LogP contribution < -0.4 is 5.32 Å². The van der Waals surface area contributed by atoms with Gasteiger partial charge in [-0.2, -0.15) is 9.61 Å². The van der Waals surface area contributed by atoms with Gasteiger partial charge in [-0.3, -0.25) is 0 Å². The zero-order valence-corrected chi connectivity index (χ0v) is 10.9. The van der Waals surface area contributed by atoms with E-state index in [0.29, 0.717) is 11.5 Å². The normalized spacial score (nSPS) is 11.8. The van der Waals surface area contributed by atoms with Crippen LogP contribution in [0.5, 0.6) is 0 Å². The third-order valence-electron chi connectivity index (χ3n) is 2.37. The van der Waals surface area contributed by atoms with Gasteiger partial charge in [0.05, 0.1) is 6.20 Å². The fourth-order valence-corrected chi connectivity index (χ4v) is 1.66. The molecule has 0 radical (unpaired) electrons. The smallest absolute Gasteiger partial charge is 0.354 e. The molecule has 18 heavy (non-hydrogen) atoms. The molecule has 0 saturated carbocycles. The fraction of sp³-hybridized carbons (Fsp3) is 0.417. The summed E-state index contributed by atoms with van der Waals surface area (Å²) < 4.78 is 1.62. The van der Waals surface area contributed by atoms with Gasteiger partial charge < -0.3 is 10.4 Å².